The van der Waals surface area contributed by atoms with Crippen LogP contribution in [0.3, 0.4) is 0 Å². The molecule has 0 unspecified atom stereocenters. The Morgan fingerprint density at radius 1 is 0.929 bits per heavy atom. The monoisotopic (exact) mass is 593 g/mol. The van der Waals surface area contributed by atoms with Gasteiger partial charge in [-0.15, -0.1) is 0 Å². The number of amides is 1. The lowest BCUT2D eigenvalue weighted by Gasteiger charge is -2.34. The molecular weight excluding hydrogens is 567 g/mol. The van der Waals surface area contributed by atoms with Crippen LogP contribution < -0.4 is 0 Å². The number of carbonyl (C=O) groups excluding carboxylic acids is 1. The maximum Gasteiger partial charge on any atom is 0.433 e. The van der Waals surface area contributed by atoms with Crippen molar-refractivity contribution in [2.75, 3.05) is 26.2 Å². The lowest BCUT2D eigenvalue weighted by Crippen LogP contribution is -2.48. The van der Waals surface area contributed by atoms with E-state index in [0.29, 0.717) is 47.8 Å². The van der Waals surface area contributed by atoms with E-state index < -0.39 is 17.8 Å². The number of aromatic nitrogens is 5. The summed E-state index contributed by atoms with van der Waals surface area (Å²) in [5.41, 5.74) is 3.58. The highest BCUT2D eigenvalue weighted by molar-refractivity contribution is 6.30. The molecule has 216 valence electrons. The Bertz CT molecular complexity index is 1760. The molecule has 1 amide bonds. The summed E-state index contributed by atoms with van der Waals surface area (Å²) in [6.45, 7) is 6.80. The molecule has 0 radical (unpaired) electrons. The first kappa shape index (κ1) is 27.9. The highest BCUT2D eigenvalue weighted by Gasteiger charge is 2.36. The van der Waals surface area contributed by atoms with E-state index in [1.54, 1.807) is 29.2 Å². The molecule has 0 spiro atoms. The maximum absolute atomic E-state index is 14.0. The van der Waals surface area contributed by atoms with Crippen molar-refractivity contribution >= 4 is 23.2 Å². The third kappa shape index (κ3) is 5.37. The second kappa shape index (κ2) is 10.9. The molecule has 4 heterocycles. The molecule has 3 aromatic heterocycles. The van der Waals surface area contributed by atoms with Gasteiger partial charge in [0.2, 0.25) is 0 Å². The minimum atomic E-state index is -4.70. The normalized spacial score (nSPS) is 14.6. The van der Waals surface area contributed by atoms with Crippen LogP contribution in [0.15, 0.2) is 66.7 Å². The Kier molecular flexibility index (Phi) is 7.24. The second-order valence-corrected chi connectivity index (χ2v) is 10.7. The molecule has 6 rings (SSSR count). The number of hydrogen-bond acceptors (Lipinski definition) is 5. The van der Waals surface area contributed by atoms with E-state index in [1.165, 1.54) is 6.07 Å². The SMILES string of the molecule is Cc1nn(-c2ccccc2)c(C)c1CN1CCN(C(=O)c2cc3nc(-c4ccc(Cl)cc4)cc(C(F)(F)F)n3n2)CC1. The Labute approximate surface area is 244 Å². The summed E-state index contributed by atoms with van der Waals surface area (Å²) in [5.74, 6) is -0.425. The Morgan fingerprint density at radius 3 is 2.29 bits per heavy atom. The largest absolute Gasteiger partial charge is 0.433 e. The van der Waals surface area contributed by atoms with Crippen LogP contribution in [0, 0.1) is 13.8 Å². The zero-order chi connectivity index (χ0) is 29.6. The van der Waals surface area contributed by atoms with Crippen molar-refractivity contribution in [1.29, 1.82) is 0 Å². The van der Waals surface area contributed by atoms with E-state index >= 15 is 0 Å². The van der Waals surface area contributed by atoms with Gasteiger partial charge >= 0.3 is 6.18 Å². The zero-order valence-electron chi connectivity index (χ0n) is 22.9. The van der Waals surface area contributed by atoms with Crippen molar-refractivity contribution in [2.24, 2.45) is 0 Å². The lowest BCUT2D eigenvalue weighted by molar-refractivity contribution is -0.142. The van der Waals surface area contributed by atoms with Gasteiger partial charge in [0.15, 0.2) is 17.0 Å². The number of fused-ring (bicyclic) bond motifs is 1. The van der Waals surface area contributed by atoms with Gasteiger partial charge in [0.25, 0.3) is 5.91 Å². The minimum Gasteiger partial charge on any atom is -0.335 e. The van der Waals surface area contributed by atoms with Crippen LogP contribution in [0.4, 0.5) is 13.2 Å². The van der Waals surface area contributed by atoms with Gasteiger partial charge in [0.05, 0.1) is 17.1 Å². The molecule has 1 aliphatic rings. The molecule has 0 N–H and O–H groups in total. The van der Waals surface area contributed by atoms with Crippen molar-refractivity contribution in [3.05, 3.63) is 100 Å². The van der Waals surface area contributed by atoms with Crippen LogP contribution >= 0.6 is 11.6 Å². The number of hydrogen-bond donors (Lipinski definition) is 0. The second-order valence-electron chi connectivity index (χ2n) is 10.3. The molecule has 5 aromatic rings. The average Bonchev–Trinajstić information content (AvgIpc) is 3.53. The van der Waals surface area contributed by atoms with Gasteiger partial charge in [0.1, 0.15) is 0 Å². The van der Waals surface area contributed by atoms with Crippen LogP contribution in [0.5, 0.6) is 0 Å². The van der Waals surface area contributed by atoms with Gasteiger partial charge in [0, 0.05) is 60.6 Å². The molecule has 42 heavy (non-hydrogen) atoms. The van der Waals surface area contributed by atoms with Crippen LogP contribution in [0.1, 0.15) is 33.1 Å². The van der Waals surface area contributed by atoms with E-state index in [2.05, 4.69) is 15.0 Å². The first-order valence-corrected chi connectivity index (χ1v) is 13.8. The fourth-order valence-corrected chi connectivity index (χ4v) is 5.39. The molecule has 8 nitrogen and oxygen atoms in total. The fraction of sp³-hybridized carbons (Fsp3) is 0.267. The summed E-state index contributed by atoms with van der Waals surface area (Å²) in [6, 6.07) is 18.5. The molecule has 0 atom stereocenters. The third-order valence-electron chi connectivity index (χ3n) is 7.56. The van der Waals surface area contributed by atoms with E-state index in [1.807, 2.05) is 48.9 Å². The van der Waals surface area contributed by atoms with Crippen LogP contribution in [0.2, 0.25) is 5.02 Å². The minimum absolute atomic E-state index is 0.0573. The van der Waals surface area contributed by atoms with Crippen LogP contribution in [-0.2, 0) is 12.7 Å². The topological polar surface area (TPSA) is 71.6 Å². The van der Waals surface area contributed by atoms with Gasteiger partial charge in [-0.3, -0.25) is 9.69 Å². The molecule has 12 heteroatoms. The van der Waals surface area contributed by atoms with Crippen LogP contribution in [0.25, 0.3) is 22.6 Å². The smallest absolute Gasteiger partial charge is 0.335 e. The first-order valence-electron chi connectivity index (χ1n) is 13.4. The summed E-state index contributed by atoms with van der Waals surface area (Å²) < 4.78 is 44.6. The summed E-state index contributed by atoms with van der Waals surface area (Å²) >= 11 is 5.93. The van der Waals surface area contributed by atoms with Crippen molar-refractivity contribution in [3.8, 4) is 16.9 Å². The average molecular weight is 594 g/mol. The number of piperazine rings is 1. The molecule has 0 aliphatic carbocycles. The molecule has 1 aliphatic heterocycles. The van der Waals surface area contributed by atoms with Crippen molar-refractivity contribution in [3.63, 3.8) is 0 Å². The summed E-state index contributed by atoms with van der Waals surface area (Å²) in [5, 5.41) is 9.23. The van der Waals surface area contributed by atoms with Gasteiger partial charge in [-0.05, 0) is 44.2 Å². The van der Waals surface area contributed by atoms with Crippen molar-refractivity contribution < 1.29 is 18.0 Å². The standard InChI is InChI=1S/C30H27ClF3N7O/c1-19-24(20(2)40(36-19)23-6-4-3-5-7-23)18-38-12-14-39(15-13-38)29(42)26-17-28-35-25(21-8-10-22(31)11-9-21)16-27(30(32,33)34)41(28)37-26/h3-11,16-17H,12-15,18H2,1-2H3. The summed E-state index contributed by atoms with van der Waals surface area (Å²) in [4.78, 5) is 21.6. The van der Waals surface area contributed by atoms with E-state index in [4.69, 9.17) is 16.7 Å². The Balaban J connectivity index is 1.19. The highest BCUT2D eigenvalue weighted by atomic mass is 35.5. The van der Waals surface area contributed by atoms with Crippen LogP contribution in [-0.4, -0.2) is 66.3 Å². The zero-order valence-corrected chi connectivity index (χ0v) is 23.7. The van der Waals surface area contributed by atoms with E-state index in [0.717, 1.165) is 28.7 Å². The molecule has 0 bridgehead atoms. The van der Waals surface area contributed by atoms with Gasteiger partial charge in [-0.25, -0.2) is 14.2 Å². The van der Waals surface area contributed by atoms with E-state index in [9.17, 15) is 18.0 Å². The van der Waals surface area contributed by atoms with Gasteiger partial charge in [-0.2, -0.15) is 23.4 Å². The molecular formula is C30H27ClF3N7O. The third-order valence-corrected chi connectivity index (χ3v) is 7.81. The number of carbonyl (C=O) groups is 1. The number of rotatable bonds is 5. The predicted octanol–water partition coefficient (Wildman–Crippen LogP) is 5.83. The molecule has 1 saturated heterocycles. The lowest BCUT2D eigenvalue weighted by atomic mass is 10.1. The molecule has 2 aromatic carbocycles. The number of benzene rings is 2. The fourth-order valence-electron chi connectivity index (χ4n) is 5.27. The first-order chi connectivity index (χ1) is 20.1. The maximum atomic E-state index is 14.0. The van der Waals surface area contributed by atoms with Crippen molar-refractivity contribution in [2.45, 2.75) is 26.6 Å². The quantitative estimate of drug-likeness (QED) is 0.256. The number of para-hydroxylation sites is 1. The summed E-state index contributed by atoms with van der Waals surface area (Å²) in [6.07, 6.45) is -4.70. The number of alkyl halides is 3. The summed E-state index contributed by atoms with van der Waals surface area (Å²) in [7, 11) is 0. The van der Waals surface area contributed by atoms with Gasteiger partial charge in [-0.1, -0.05) is 41.9 Å². The number of halogens is 4. The molecule has 1 fully saturated rings. The Morgan fingerprint density at radius 2 is 1.62 bits per heavy atom. The predicted molar refractivity (Wildman–Crippen MR) is 153 cm³/mol. The van der Waals surface area contributed by atoms with Gasteiger partial charge < -0.3 is 4.90 Å². The number of nitrogens with zero attached hydrogens (tertiary/aromatic N) is 7. The Hall–Kier alpha value is -4.22. The number of aryl methyl sites for hydroxylation is 1. The van der Waals surface area contributed by atoms with Crippen molar-refractivity contribution in [1.82, 2.24) is 34.2 Å². The molecule has 0 saturated carbocycles. The highest BCUT2D eigenvalue weighted by Crippen LogP contribution is 2.33. The van der Waals surface area contributed by atoms with E-state index in [-0.39, 0.29) is 17.0 Å².